The molecular formula is C13H21N3O2. The zero-order chi connectivity index (χ0) is 13.5. The molecule has 0 saturated carbocycles. The molecule has 1 rings (SSSR count). The Morgan fingerprint density at radius 1 is 1.33 bits per heavy atom. The maximum Gasteiger partial charge on any atom is 0.316 e. The summed E-state index contributed by atoms with van der Waals surface area (Å²) in [6.45, 7) is 5.48. The second-order valence-electron chi connectivity index (χ2n) is 4.80. The molecule has 1 fully saturated rings. The molecule has 0 spiro atoms. The first-order chi connectivity index (χ1) is 8.54. The third kappa shape index (κ3) is 4.28. The maximum absolute atomic E-state index is 11.7. The maximum atomic E-state index is 11.7. The molecule has 1 aliphatic rings. The van der Waals surface area contributed by atoms with Gasteiger partial charge in [0.25, 0.3) is 0 Å². The van der Waals surface area contributed by atoms with Crippen molar-refractivity contribution in [3.05, 3.63) is 0 Å². The fraction of sp³-hybridized carbons (Fsp3) is 0.692. The lowest BCUT2D eigenvalue weighted by Gasteiger charge is -2.18. The molecule has 5 heteroatoms. The smallest absolute Gasteiger partial charge is 0.316 e. The Morgan fingerprint density at radius 3 is 2.44 bits per heavy atom. The van der Waals surface area contributed by atoms with Crippen LogP contribution in [0.25, 0.3) is 0 Å². The average Bonchev–Trinajstić information content (AvgIpc) is 2.86. The van der Waals surface area contributed by atoms with E-state index in [4.69, 9.17) is 6.42 Å². The fourth-order valence-electron chi connectivity index (χ4n) is 1.83. The summed E-state index contributed by atoms with van der Waals surface area (Å²) in [5.41, 5.74) is 0. The van der Waals surface area contributed by atoms with E-state index in [0.29, 0.717) is 0 Å². The van der Waals surface area contributed by atoms with Gasteiger partial charge in [0.15, 0.2) is 0 Å². The Morgan fingerprint density at radius 2 is 1.94 bits per heavy atom. The van der Waals surface area contributed by atoms with Gasteiger partial charge in [-0.3, -0.25) is 4.79 Å². The van der Waals surface area contributed by atoms with E-state index >= 15 is 0 Å². The number of nitrogens with one attached hydrogen (secondary N) is 2. The summed E-state index contributed by atoms with van der Waals surface area (Å²) in [5, 5.41) is 5.20. The lowest BCUT2D eigenvalue weighted by atomic mass is 10.1. The molecule has 5 nitrogen and oxygen atoms in total. The van der Waals surface area contributed by atoms with Crippen molar-refractivity contribution in [2.75, 3.05) is 19.6 Å². The first kappa shape index (κ1) is 14.4. The van der Waals surface area contributed by atoms with Crippen molar-refractivity contribution in [3.8, 4) is 12.3 Å². The molecule has 0 bridgehead atoms. The third-order valence-corrected chi connectivity index (χ3v) is 2.99. The van der Waals surface area contributed by atoms with E-state index in [1.54, 1.807) is 4.90 Å². The van der Waals surface area contributed by atoms with Crippen molar-refractivity contribution in [2.45, 2.75) is 32.7 Å². The number of nitrogens with zero attached hydrogens (tertiary/aromatic N) is 1. The van der Waals surface area contributed by atoms with Crippen LogP contribution in [0.2, 0.25) is 0 Å². The van der Waals surface area contributed by atoms with Gasteiger partial charge in [0.2, 0.25) is 5.91 Å². The molecular weight excluding hydrogens is 230 g/mol. The Labute approximate surface area is 108 Å². The number of hydrogen-bond donors (Lipinski definition) is 2. The van der Waals surface area contributed by atoms with E-state index < -0.39 is 0 Å². The van der Waals surface area contributed by atoms with Crippen molar-refractivity contribution < 1.29 is 9.59 Å². The quantitative estimate of drug-likeness (QED) is 0.717. The zero-order valence-electron chi connectivity index (χ0n) is 11.0. The minimum absolute atomic E-state index is 0.0290. The van der Waals surface area contributed by atoms with E-state index in [1.807, 2.05) is 13.8 Å². The van der Waals surface area contributed by atoms with Crippen LogP contribution < -0.4 is 10.6 Å². The molecule has 2 N–H and O–H groups in total. The second kappa shape index (κ2) is 6.90. The average molecular weight is 251 g/mol. The Bertz CT molecular complexity index is 341. The summed E-state index contributed by atoms with van der Waals surface area (Å²) < 4.78 is 0. The van der Waals surface area contributed by atoms with Crippen LogP contribution in [0.3, 0.4) is 0 Å². The number of carbonyl (C=O) groups excluding carboxylic acids is 2. The molecule has 1 aliphatic heterocycles. The minimum atomic E-state index is -0.390. The molecule has 18 heavy (non-hydrogen) atoms. The predicted molar refractivity (Wildman–Crippen MR) is 69.8 cm³/mol. The van der Waals surface area contributed by atoms with Crippen LogP contribution in [-0.2, 0) is 4.79 Å². The standard InChI is InChI=1S/C13H21N3O2/c1-4-11(10(2)3)15-13(18)14-9-12(17)16-7-5-6-8-16/h1,10-11H,5-9H2,2-3H3,(H2,14,15,18)/t11-/m0/s1. The summed E-state index contributed by atoms with van der Waals surface area (Å²) >= 11 is 0. The molecule has 0 aliphatic carbocycles. The SMILES string of the molecule is C#C[C@H](NC(=O)NCC(=O)N1CCCC1)C(C)C. The molecule has 100 valence electrons. The molecule has 1 saturated heterocycles. The lowest BCUT2D eigenvalue weighted by Crippen LogP contribution is -2.47. The summed E-state index contributed by atoms with van der Waals surface area (Å²) in [4.78, 5) is 25.0. The van der Waals surface area contributed by atoms with Crippen LogP contribution >= 0.6 is 0 Å². The van der Waals surface area contributed by atoms with Gasteiger partial charge in [-0.05, 0) is 18.8 Å². The van der Waals surface area contributed by atoms with Gasteiger partial charge in [-0.25, -0.2) is 4.79 Å². The minimum Gasteiger partial charge on any atom is -0.341 e. The number of amides is 3. The molecule has 1 heterocycles. The summed E-state index contributed by atoms with van der Waals surface area (Å²) in [7, 11) is 0. The van der Waals surface area contributed by atoms with Crippen molar-refractivity contribution >= 4 is 11.9 Å². The van der Waals surface area contributed by atoms with Gasteiger partial charge in [-0.2, -0.15) is 0 Å². The van der Waals surface area contributed by atoms with E-state index in [1.165, 1.54) is 0 Å². The number of carbonyl (C=O) groups is 2. The van der Waals surface area contributed by atoms with Crippen LogP contribution in [0.1, 0.15) is 26.7 Å². The van der Waals surface area contributed by atoms with Gasteiger partial charge in [0.1, 0.15) is 0 Å². The van der Waals surface area contributed by atoms with Crippen LogP contribution in [0, 0.1) is 18.3 Å². The number of likely N-dealkylation sites (tertiary alicyclic amines) is 1. The van der Waals surface area contributed by atoms with Gasteiger partial charge in [-0.1, -0.05) is 19.8 Å². The van der Waals surface area contributed by atoms with Crippen molar-refractivity contribution in [1.82, 2.24) is 15.5 Å². The van der Waals surface area contributed by atoms with Crippen LogP contribution in [0.4, 0.5) is 4.79 Å². The highest BCUT2D eigenvalue weighted by Gasteiger charge is 2.19. The number of rotatable bonds is 4. The van der Waals surface area contributed by atoms with Crippen molar-refractivity contribution in [2.24, 2.45) is 5.92 Å². The molecule has 0 radical (unpaired) electrons. The molecule has 3 amide bonds. The molecule has 1 atom stereocenters. The first-order valence-electron chi connectivity index (χ1n) is 6.33. The Hall–Kier alpha value is -1.70. The highest BCUT2D eigenvalue weighted by molar-refractivity contribution is 5.84. The monoisotopic (exact) mass is 251 g/mol. The zero-order valence-corrected chi connectivity index (χ0v) is 11.0. The first-order valence-corrected chi connectivity index (χ1v) is 6.33. The van der Waals surface area contributed by atoms with Gasteiger partial charge in [-0.15, -0.1) is 6.42 Å². The fourth-order valence-corrected chi connectivity index (χ4v) is 1.83. The van der Waals surface area contributed by atoms with E-state index in [0.717, 1.165) is 25.9 Å². The van der Waals surface area contributed by atoms with Crippen molar-refractivity contribution in [1.29, 1.82) is 0 Å². The number of terminal acetylenes is 1. The summed E-state index contributed by atoms with van der Waals surface area (Å²) in [5.74, 6) is 2.63. The van der Waals surface area contributed by atoms with Crippen LogP contribution in [-0.4, -0.2) is 42.5 Å². The van der Waals surface area contributed by atoms with Crippen LogP contribution in [0.5, 0.6) is 0 Å². The molecule has 0 unspecified atom stereocenters. The molecule has 0 aromatic rings. The normalized spacial score (nSPS) is 16.2. The van der Waals surface area contributed by atoms with E-state index in [-0.39, 0.29) is 30.4 Å². The third-order valence-electron chi connectivity index (χ3n) is 2.99. The van der Waals surface area contributed by atoms with E-state index in [9.17, 15) is 9.59 Å². The van der Waals surface area contributed by atoms with Gasteiger partial charge >= 0.3 is 6.03 Å². The second-order valence-corrected chi connectivity index (χ2v) is 4.80. The summed E-state index contributed by atoms with van der Waals surface area (Å²) in [6, 6.07) is -0.703. The highest BCUT2D eigenvalue weighted by atomic mass is 16.2. The largest absolute Gasteiger partial charge is 0.341 e. The van der Waals surface area contributed by atoms with Gasteiger partial charge in [0, 0.05) is 13.1 Å². The number of hydrogen-bond acceptors (Lipinski definition) is 2. The summed E-state index contributed by atoms with van der Waals surface area (Å²) in [6.07, 6.45) is 7.40. The highest BCUT2D eigenvalue weighted by Crippen LogP contribution is 2.06. The Balaban J connectivity index is 2.28. The predicted octanol–water partition coefficient (Wildman–Crippen LogP) is 0.566. The number of urea groups is 1. The molecule has 0 aromatic heterocycles. The van der Waals surface area contributed by atoms with Gasteiger partial charge < -0.3 is 15.5 Å². The van der Waals surface area contributed by atoms with Crippen LogP contribution in [0.15, 0.2) is 0 Å². The lowest BCUT2D eigenvalue weighted by molar-refractivity contribution is -0.128. The van der Waals surface area contributed by atoms with E-state index in [2.05, 4.69) is 16.6 Å². The molecule has 0 aromatic carbocycles. The van der Waals surface area contributed by atoms with Gasteiger partial charge in [0.05, 0.1) is 12.6 Å². The topological polar surface area (TPSA) is 61.4 Å². The van der Waals surface area contributed by atoms with Crippen molar-refractivity contribution in [3.63, 3.8) is 0 Å². The Kier molecular flexibility index (Phi) is 5.50.